The molecule has 5 unspecified atom stereocenters. The molecule has 0 aliphatic carbocycles. The van der Waals surface area contributed by atoms with Crippen LogP contribution < -0.4 is 0 Å². The lowest BCUT2D eigenvalue weighted by Gasteiger charge is -2.36. The van der Waals surface area contributed by atoms with Crippen LogP contribution in [0.25, 0.3) is 0 Å². The highest BCUT2D eigenvalue weighted by Crippen LogP contribution is 2.31. The summed E-state index contributed by atoms with van der Waals surface area (Å²) in [4.78, 5) is 11.4. The zero-order chi connectivity index (χ0) is 10.9. The second-order valence-electron chi connectivity index (χ2n) is 4.62. The fraction of sp³-hybridized carbons (Fsp3) is 0.909. The van der Waals surface area contributed by atoms with Gasteiger partial charge in [0, 0.05) is 5.92 Å². The molecule has 5 atom stereocenters. The summed E-state index contributed by atoms with van der Waals surface area (Å²) in [5.74, 6) is 0.233. The third-order valence-corrected chi connectivity index (χ3v) is 3.22. The molecule has 1 fully saturated rings. The monoisotopic (exact) mass is 200 g/mol. The average molecular weight is 200 g/mol. The maximum absolute atomic E-state index is 11.4. The number of aliphatic hydroxyl groups is 1. The van der Waals surface area contributed by atoms with Gasteiger partial charge in [0.05, 0.1) is 12.0 Å². The van der Waals surface area contributed by atoms with Crippen LogP contribution in [0.4, 0.5) is 0 Å². The van der Waals surface area contributed by atoms with Gasteiger partial charge in [-0.05, 0) is 19.3 Å². The Morgan fingerprint density at radius 3 is 2.50 bits per heavy atom. The fourth-order valence-electron chi connectivity index (χ4n) is 2.05. The Balaban J connectivity index is 2.65. The van der Waals surface area contributed by atoms with Crippen LogP contribution in [0.3, 0.4) is 0 Å². The minimum absolute atomic E-state index is 0.00227. The molecule has 0 radical (unpaired) electrons. The van der Waals surface area contributed by atoms with Crippen molar-refractivity contribution >= 4 is 5.97 Å². The summed E-state index contributed by atoms with van der Waals surface area (Å²) in [7, 11) is 0. The molecule has 1 aliphatic heterocycles. The highest BCUT2D eigenvalue weighted by molar-refractivity contribution is 5.73. The standard InChI is InChI=1S/C11H20O3/c1-6-5-7(2)11(13)14-10(6)8(3)9(4)12/h6-10,12H,5H2,1-4H3. The van der Waals surface area contributed by atoms with Gasteiger partial charge in [0.15, 0.2) is 0 Å². The third kappa shape index (κ3) is 2.27. The number of hydrogen-bond acceptors (Lipinski definition) is 3. The first-order chi connectivity index (χ1) is 6.43. The van der Waals surface area contributed by atoms with Crippen LogP contribution >= 0.6 is 0 Å². The van der Waals surface area contributed by atoms with Crippen LogP contribution in [0.15, 0.2) is 0 Å². The normalized spacial score (nSPS) is 37.5. The maximum atomic E-state index is 11.4. The average Bonchev–Trinajstić information content (AvgIpc) is 2.10. The highest BCUT2D eigenvalue weighted by atomic mass is 16.5. The number of carbonyl (C=O) groups is 1. The molecule has 1 heterocycles. The van der Waals surface area contributed by atoms with Gasteiger partial charge in [-0.3, -0.25) is 4.79 Å². The smallest absolute Gasteiger partial charge is 0.308 e. The molecule has 14 heavy (non-hydrogen) atoms. The van der Waals surface area contributed by atoms with Crippen molar-refractivity contribution in [1.82, 2.24) is 0 Å². The quantitative estimate of drug-likeness (QED) is 0.688. The number of carbonyl (C=O) groups excluding carboxylic acids is 1. The van der Waals surface area contributed by atoms with Crippen LogP contribution in [-0.4, -0.2) is 23.3 Å². The third-order valence-electron chi connectivity index (χ3n) is 3.22. The van der Waals surface area contributed by atoms with E-state index in [9.17, 15) is 9.90 Å². The van der Waals surface area contributed by atoms with Crippen molar-refractivity contribution in [2.45, 2.75) is 46.3 Å². The van der Waals surface area contributed by atoms with Gasteiger partial charge in [0.1, 0.15) is 6.10 Å². The maximum Gasteiger partial charge on any atom is 0.308 e. The first-order valence-electron chi connectivity index (χ1n) is 5.32. The van der Waals surface area contributed by atoms with Crippen molar-refractivity contribution in [3.63, 3.8) is 0 Å². The Morgan fingerprint density at radius 2 is 2.00 bits per heavy atom. The topological polar surface area (TPSA) is 46.5 Å². The fourth-order valence-corrected chi connectivity index (χ4v) is 2.05. The van der Waals surface area contributed by atoms with Crippen LogP contribution in [0.1, 0.15) is 34.1 Å². The van der Waals surface area contributed by atoms with E-state index in [0.29, 0.717) is 5.92 Å². The first-order valence-corrected chi connectivity index (χ1v) is 5.32. The van der Waals surface area contributed by atoms with E-state index in [1.165, 1.54) is 0 Å². The largest absolute Gasteiger partial charge is 0.461 e. The molecule has 1 rings (SSSR count). The van der Waals surface area contributed by atoms with E-state index in [-0.39, 0.29) is 23.9 Å². The Bertz CT molecular complexity index is 213. The van der Waals surface area contributed by atoms with Crippen molar-refractivity contribution in [3.8, 4) is 0 Å². The Labute approximate surface area is 85.5 Å². The van der Waals surface area contributed by atoms with E-state index in [1.807, 2.05) is 13.8 Å². The minimum Gasteiger partial charge on any atom is -0.461 e. The Morgan fingerprint density at radius 1 is 1.43 bits per heavy atom. The predicted molar refractivity (Wildman–Crippen MR) is 53.7 cm³/mol. The summed E-state index contributed by atoms with van der Waals surface area (Å²) in [6.07, 6.45) is 0.308. The minimum atomic E-state index is -0.427. The number of esters is 1. The molecule has 0 aromatic heterocycles. The van der Waals surface area contributed by atoms with Crippen LogP contribution in [0.2, 0.25) is 0 Å². The Hall–Kier alpha value is -0.570. The molecule has 0 bridgehead atoms. The number of aliphatic hydroxyl groups excluding tert-OH is 1. The summed E-state index contributed by atoms with van der Waals surface area (Å²) in [6, 6.07) is 0. The van der Waals surface area contributed by atoms with Crippen molar-refractivity contribution in [2.24, 2.45) is 17.8 Å². The van der Waals surface area contributed by atoms with Gasteiger partial charge in [0.25, 0.3) is 0 Å². The van der Waals surface area contributed by atoms with Crippen molar-refractivity contribution in [2.75, 3.05) is 0 Å². The zero-order valence-corrected chi connectivity index (χ0v) is 9.36. The van der Waals surface area contributed by atoms with Gasteiger partial charge >= 0.3 is 5.97 Å². The summed E-state index contributed by atoms with van der Waals surface area (Å²) >= 11 is 0. The molecular weight excluding hydrogens is 180 g/mol. The van der Waals surface area contributed by atoms with E-state index >= 15 is 0 Å². The van der Waals surface area contributed by atoms with Gasteiger partial charge in [0.2, 0.25) is 0 Å². The molecule has 1 saturated heterocycles. The van der Waals surface area contributed by atoms with Crippen molar-refractivity contribution < 1.29 is 14.6 Å². The van der Waals surface area contributed by atoms with Gasteiger partial charge in [-0.1, -0.05) is 20.8 Å². The summed E-state index contributed by atoms with van der Waals surface area (Å²) in [5.41, 5.74) is 0. The highest BCUT2D eigenvalue weighted by Gasteiger charge is 2.37. The van der Waals surface area contributed by atoms with E-state index in [0.717, 1.165) is 6.42 Å². The summed E-state index contributed by atoms with van der Waals surface area (Å²) in [5, 5.41) is 9.45. The molecule has 3 heteroatoms. The molecule has 0 spiro atoms. The lowest BCUT2D eigenvalue weighted by Crippen LogP contribution is -2.42. The van der Waals surface area contributed by atoms with E-state index in [1.54, 1.807) is 6.92 Å². The molecule has 3 nitrogen and oxygen atoms in total. The predicted octanol–water partition coefficient (Wildman–Crippen LogP) is 1.59. The molecule has 0 amide bonds. The van der Waals surface area contributed by atoms with Crippen LogP contribution in [-0.2, 0) is 9.53 Å². The van der Waals surface area contributed by atoms with Gasteiger partial charge in [-0.2, -0.15) is 0 Å². The number of cyclic esters (lactones) is 1. The van der Waals surface area contributed by atoms with Crippen LogP contribution in [0.5, 0.6) is 0 Å². The number of ether oxygens (including phenoxy) is 1. The lowest BCUT2D eigenvalue weighted by atomic mass is 9.82. The van der Waals surface area contributed by atoms with Crippen molar-refractivity contribution in [3.05, 3.63) is 0 Å². The van der Waals surface area contributed by atoms with Gasteiger partial charge < -0.3 is 9.84 Å². The van der Waals surface area contributed by atoms with Gasteiger partial charge in [-0.15, -0.1) is 0 Å². The second kappa shape index (κ2) is 4.30. The molecule has 1 N–H and O–H groups in total. The number of rotatable bonds is 2. The van der Waals surface area contributed by atoms with E-state index in [4.69, 9.17) is 4.74 Å². The molecule has 0 aromatic rings. The molecule has 1 aliphatic rings. The molecule has 82 valence electrons. The summed E-state index contributed by atoms with van der Waals surface area (Å²) in [6.45, 7) is 7.63. The lowest BCUT2D eigenvalue weighted by molar-refractivity contribution is -0.171. The second-order valence-corrected chi connectivity index (χ2v) is 4.62. The zero-order valence-electron chi connectivity index (χ0n) is 9.36. The molecular formula is C11H20O3. The first kappa shape index (κ1) is 11.5. The molecule has 0 saturated carbocycles. The van der Waals surface area contributed by atoms with E-state index in [2.05, 4.69) is 6.92 Å². The summed E-state index contributed by atoms with van der Waals surface area (Å²) < 4.78 is 5.34. The Kier molecular flexibility index (Phi) is 3.53. The SMILES string of the molecule is CC1CC(C)C(C(C)C(C)O)OC1=O. The van der Waals surface area contributed by atoms with Crippen molar-refractivity contribution in [1.29, 1.82) is 0 Å². The van der Waals surface area contributed by atoms with Gasteiger partial charge in [-0.25, -0.2) is 0 Å². The van der Waals surface area contributed by atoms with E-state index < -0.39 is 6.10 Å². The van der Waals surface area contributed by atoms with Crippen LogP contribution in [0, 0.1) is 17.8 Å². The number of hydrogen-bond donors (Lipinski definition) is 1. The molecule has 0 aromatic carbocycles.